The molecule has 0 aliphatic rings. The Morgan fingerprint density at radius 2 is 2.14 bits per heavy atom. The minimum atomic E-state index is -0.449. The van der Waals surface area contributed by atoms with E-state index in [0.717, 1.165) is 10.2 Å². The van der Waals surface area contributed by atoms with Gasteiger partial charge in [-0.25, -0.2) is 4.98 Å². The van der Waals surface area contributed by atoms with E-state index in [9.17, 15) is 10.1 Å². The summed E-state index contributed by atoms with van der Waals surface area (Å²) in [6.45, 7) is 1.73. The number of nitro groups is 1. The molecule has 2 heterocycles. The number of halogens is 1. The van der Waals surface area contributed by atoms with E-state index < -0.39 is 4.92 Å². The van der Waals surface area contributed by atoms with Crippen molar-refractivity contribution >= 4 is 38.8 Å². The summed E-state index contributed by atoms with van der Waals surface area (Å²) in [6, 6.07) is 6.22. The largest absolute Gasteiger partial charge is 0.438 e. The van der Waals surface area contributed by atoms with Gasteiger partial charge in [0.05, 0.1) is 10.3 Å². The highest BCUT2D eigenvalue weighted by molar-refractivity contribution is 7.16. The fourth-order valence-corrected chi connectivity index (χ4v) is 2.81. The van der Waals surface area contributed by atoms with Crippen LogP contribution in [0.2, 0.25) is 5.28 Å². The molecule has 106 valence electrons. The van der Waals surface area contributed by atoms with E-state index in [4.69, 9.17) is 16.3 Å². The van der Waals surface area contributed by atoms with Crippen LogP contribution in [0.3, 0.4) is 0 Å². The van der Waals surface area contributed by atoms with Gasteiger partial charge in [-0.1, -0.05) is 0 Å². The van der Waals surface area contributed by atoms with Gasteiger partial charge >= 0.3 is 0 Å². The van der Waals surface area contributed by atoms with Crippen LogP contribution in [0.25, 0.3) is 10.2 Å². The second-order valence-electron chi connectivity index (χ2n) is 4.25. The number of rotatable bonds is 3. The minimum Gasteiger partial charge on any atom is -0.438 e. The van der Waals surface area contributed by atoms with Gasteiger partial charge < -0.3 is 4.74 Å². The molecule has 21 heavy (non-hydrogen) atoms. The first-order chi connectivity index (χ1) is 10.0. The van der Waals surface area contributed by atoms with Crippen LogP contribution in [0.1, 0.15) is 5.56 Å². The van der Waals surface area contributed by atoms with Crippen molar-refractivity contribution in [3.63, 3.8) is 0 Å². The van der Waals surface area contributed by atoms with Crippen molar-refractivity contribution in [3.8, 4) is 11.6 Å². The molecule has 0 aliphatic carbocycles. The predicted molar refractivity (Wildman–Crippen MR) is 80.3 cm³/mol. The Kier molecular flexibility index (Phi) is 3.44. The number of nitro benzene ring substituents is 1. The Balaban J connectivity index is 2.02. The van der Waals surface area contributed by atoms with Gasteiger partial charge in [0.2, 0.25) is 11.2 Å². The smallest absolute Gasteiger partial charge is 0.269 e. The van der Waals surface area contributed by atoms with Crippen LogP contribution in [-0.2, 0) is 0 Å². The molecule has 0 amide bonds. The average Bonchev–Trinajstić information content (AvgIpc) is 2.88. The van der Waals surface area contributed by atoms with Gasteiger partial charge in [0.25, 0.3) is 5.69 Å². The zero-order valence-electron chi connectivity index (χ0n) is 10.7. The summed E-state index contributed by atoms with van der Waals surface area (Å²) >= 11 is 7.30. The maximum absolute atomic E-state index is 10.7. The summed E-state index contributed by atoms with van der Waals surface area (Å²) in [7, 11) is 0. The molecule has 0 saturated heterocycles. The molecule has 0 saturated carbocycles. The Morgan fingerprint density at radius 1 is 1.33 bits per heavy atom. The van der Waals surface area contributed by atoms with E-state index in [0.29, 0.717) is 17.2 Å². The maximum Gasteiger partial charge on any atom is 0.269 e. The van der Waals surface area contributed by atoms with Gasteiger partial charge in [-0.2, -0.15) is 4.98 Å². The highest BCUT2D eigenvalue weighted by Gasteiger charge is 2.13. The van der Waals surface area contributed by atoms with Gasteiger partial charge in [-0.15, -0.1) is 11.3 Å². The lowest BCUT2D eigenvalue weighted by Crippen LogP contribution is -1.94. The SMILES string of the molecule is Cc1cc([N+](=O)[O-])ccc1Oc1nc(Cl)nc2sccc12. The number of ether oxygens (including phenoxy) is 1. The van der Waals surface area contributed by atoms with Crippen LogP contribution in [-0.4, -0.2) is 14.9 Å². The number of aromatic nitrogens is 2. The number of thiophene rings is 1. The lowest BCUT2D eigenvalue weighted by atomic mass is 10.2. The number of fused-ring (bicyclic) bond motifs is 1. The normalized spacial score (nSPS) is 10.8. The summed E-state index contributed by atoms with van der Waals surface area (Å²) in [5.74, 6) is 0.825. The predicted octanol–water partition coefficient (Wildman–Crippen LogP) is 4.35. The van der Waals surface area contributed by atoms with Crippen molar-refractivity contribution in [1.29, 1.82) is 0 Å². The standard InChI is InChI=1S/C13H8ClN3O3S/c1-7-6-8(17(18)19)2-3-10(7)20-11-9-4-5-21-12(9)16-13(14)15-11/h2-6H,1H3. The van der Waals surface area contributed by atoms with Crippen molar-refractivity contribution in [1.82, 2.24) is 9.97 Å². The Morgan fingerprint density at radius 3 is 2.86 bits per heavy atom. The third-order valence-electron chi connectivity index (χ3n) is 2.84. The van der Waals surface area contributed by atoms with Gasteiger partial charge in [0, 0.05) is 12.1 Å². The van der Waals surface area contributed by atoms with Crippen molar-refractivity contribution in [2.24, 2.45) is 0 Å². The highest BCUT2D eigenvalue weighted by Crippen LogP contribution is 2.33. The molecule has 3 rings (SSSR count). The molecule has 2 aromatic heterocycles. The number of aryl methyl sites for hydroxylation is 1. The topological polar surface area (TPSA) is 78.2 Å². The first-order valence-electron chi connectivity index (χ1n) is 5.88. The fourth-order valence-electron chi connectivity index (χ4n) is 1.85. The zero-order valence-corrected chi connectivity index (χ0v) is 12.3. The zero-order chi connectivity index (χ0) is 15.0. The number of nitrogens with zero attached hydrogens (tertiary/aromatic N) is 3. The molecular formula is C13H8ClN3O3S. The second-order valence-corrected chi connectivity index (χ2v) is 5.48. The Labute approximate surface area is 128 Å². The van der Waals surface area contributed by atoms with E-state index in [1.807, 2.05) is 11.4 Å². The summed E-state index contributed by atoms with van der Waals surface area (Å²) in [5.41, 5.74) is 0.656. The molecule has 3 aromatic rings. The molecule has 6 nitrogen and oxygen atoms in total. The molecule has 0 atom stereocenters. The number of hydrogen-bond donors (Lipinski definition) is 0. The van der Waals surface area contributed by atoms with Crippen LogP contribution in [0.4, 0.5) is 5.69 Å². The molecule has 0 radical (unpaired) electrons. The lowest BCUT2D eigenvalue weighted by Gasteiger charge is -2.08. The van der Waals surface area contributed by atoms with Crippen molar-refractivity contribution in [3.05, 3.63) is 50.6 Å². The van der Waals surface area contributed by atoms with Gasteiger partial charge in [0.1, 0.15) is 10.6 Å². The molecule has 0 N–H and O–H groups in total. The van der Waals surface area contributed by atoms with E-state index in [2.05, 4.69) is 9.97 Å². The Hall–Kier alpha value is -2.25. The fraction of sp³-hybridized carbons (Fsp3) is 0.0769. The maximum atomic E-state index is 10.7. The Bertz CT molecular complexity index is 850. The average molecular weight is 322 g/mol. The van der Waals surface area contributed by atoms with Gasteiger partial charge in [-0.05, 0) is 41.6 Å². The number of non-ortho nitro benzene ring substituents is 1. The second kappa shape index (κ2) is 5.27. The molecule has 0 aliphatic heterocycles. The van der Waals surface area contributed by atoms with Crippen LogP contribution in [0, 0.1) is 17.0 Å². The van der Waals surface area contributed by atoms with Gasteiger partial charge in [0.15, 0.2) is 0 Å². The third kappa shape index (κ3) is 2.65. The molecule has 1 aromatic carbocycles. The number of hydrogen-bond acceptors (Lipinski definition) is 6. The van der Waals surface area contributed by atoms with Crippen molar-refractivity contribution < 1.29 is 9.66 Å². The molecule has 0 spiro atoms. The van der Waals surface area contributed by atoms with Gasteiger partial charge in [-0.3, -0.25) is 10.1 Å². The van der Waals surface area contributed by atoms with Crippen LogP contribution >= 0.6 is 22.9 Å². The van der Waals surface area contributed by atoms with Crippen LogP contribution in [0.15, 0.2) is 29.6 Å². The first-order valence-corrected chi connectivity index (χ1v) is 7.14. The minimum absolute atomic E-state index is 0.0150. The third-order valence-corrected chi connectivity index (χ3v) is 3.81. The molecular weight excluding hydrogens is 314 g/mol. The monoisotopic (exact) mass is 321 g/mol. The summed E-state index contributed by atoms with van der Waals surface area (Å²) in [5, 5.41) is 13.5. The summed E-state index contributed by atoms with van der Waals surface area (Å²) < 4.78 is 5.74. The van der Waals surface area contributed by atoms with E-state index >= 15 is 0 Å². The quantitative estimate of drug-likeness (QED) is 0.407. The molecule has 8 heteroatoms. The van der Waals surface area contributed by atoms with E-state index in [1.54, 1.807) is 13.0 Å². The molecule has 0 fully saturated rings. The molecule has 0 bridgehead atoms. The van der Waals surface area contributed by atoms with E-state index in [-0.39, 0.29) is 11.0 Å². The summed E-state index contributed by atoms with van der Waals surface area (Å²) in [4.78, 5) is 19.2. The van der Waals surface area contributed by atoms with E-state index in [1.165, 1.54) is 23.5 Å². The van der Waals surface area contributed by atoms with Crippen molar-refractivity contribution in [2.75, 3.05) is 0 Å². The van der Waals surface area contributed by atoms with Crippen molar-refractivity contribution in [2.45, 2.75) is 6.92 Å². The van der Waals surface area contributed by atoms with Crippen LogP contribution in [0.5, 0.6) is 11.6 Å². The highest BCUT2D eigenvalue weighted by atomic mass is 35.5. The first kappa shape index (κ1) is 13.7. The lowest BCUT2D eigenvalue weighted by molar-refractivity contribution is -0.384. The molecule has 0 unspecified atom stereocenters. The summed E-state index contributed by atoms with van der Waals surface area (Å²) in [6.07, 6.45) is 0. The number of benzene rings is 1. The van der Waals surface area contributed by atoms with Crippen LogP contribution < -0.4 is 4.74 Å².